The number of benzene rings is 2. The Bertz CT molecular complexity index is 1250. The summed E-state index contributed by atoms with van der Waals surface area (Å²) in [5.41, 5.74) is 0.851. The molecule has 190 valence electrons. The first kappa shape index (κ1) is 25.6. The van der Waals surface area contributed by atoms with E-state index in [4.69, 9.17) is 4.74 Å². The van der Waals surface area contributed by atoms with Crippen molar-refractivity contribution in [3.05, 3.63) is 70.6 Å². The monoisotopic (exact) mass is 523 g/mol. The summed E-state index contributed by atoms with van der Waals surface area (Å²) >= 11 is 1.31. The number of morpholine rings is 1. The van der Waals surface area contributed by atoms with Crippen LogP contribution in [0.15, 0.2) is 48.5 Å². The van der Waals surface area contributed by atoms with Crippen molar-refractivity contribution in [2.24, 2.45) is 0 Å². The van der Waals surface area contributed by atoms with Gasteiger partial charge in [-0.25, -0.2) is 9.37 Å². The van der Waals surface area contributed by atoms with E-state index < -0.39 is 29.9 Å². The Hall–Kier alpha value is -3.51. The molecule has 1 fully saturated rings. The van der Waals surface area contributed by atoms with E-state index in [1.165, 1.54) is 35.6 Å². The lowest BCUT2D eigenvalue weighted by molar-refractivity contribution is -0.274. The van der Waals surface area contributed by atoms with E-state index in [-0.39, 0.29) is 36.9 Å². The Balaban J connectivity index is 1.48. The lowest BCUT2D eigenvalue weighted by Gasteiger charge is -2.35. The van der Waals surface area contributed by atoms with Crippen molar-refractivity contribution in [1.82, 2.24) is 15.2 Å². The van der Waals surface area contributed by atoms with Gasteiger partial charge in [0.05, 0.1) is 29.1 Å². The minimum Gasteiger partial charge on any atom is -0.406 e. The maximum atomic E-state index is 13.5. The standard InChI is InChI=1S/C24H21F4N3O4S/c1-14-30-20(21(36-14)15-5-7-17(25)8-6-15)23(33)31-9-10-34-13-18(31)12-29-22(32)16-3-2-4-19(11-16)35-24(26,27)28/h2-8,11,18H,9-10,12-13H2,1H3,(H,29,32). The first-order valence-corrected chi connectivity index (χ1v) is 11.7. The number of rotatable bonds is 6. The number of halogens is 4. The highest BCUT2D eigenvalue weighted by Gasteiger charge is 2.33. The topological polar surface area (TPSA) is 80.8 Å². The molecular weight excluding hydrogens is 502 g/mol. The number of nitrogens with one attached hydrogen (secondary N) is 1. The number of thiazole rings is 1. The molecule has 1 aliphatic heterocycles. The van der Waals surface area contributed by atoms with Crippen LogP contribution in [0.1, 0.15) is 25.9 Å². The highest BCUT2D eigenvalue weighted by Crippen LogP contribution is 2.32. The summed E-state index contributed by atoms with van der Waals surface area (Å²) in [6, 6.07) is 9.93. The maximum absolute atomic E-state index is 13.5. The van der Waals surface area contributed by atoms with Crippen molar-refractivity contribution < 1.29 is 36.6 Å². The van der Waals surface area contributed by atoms with Gasteiger partial charge in [-0.05, 0) is 42.8 Å². The van der Waals surface area contributed by atoms with Crippen molar-refractivity contribution in [3.8, 4) is 16.2 Å². The Morgan fingerprint density at radius 1 is 1.22 bits per heavy atom. The van der Waals surface area contributed by atoms with Crippen molar-refractivity contribution in [2.75, 3.05) is 26.3 Å². The van der Waals surface area contributed by atoms with Crippen LogP contribution in [-0.2, 0) is 4.74 Å². The van der Waals surface area contributed by atoms with Gasteiger partial charge in [-0.3, -0.25) is 9.59 Å². The van der Waals surface area contributed by atoms with Gasteiger partial charge in [0.2, 0.25) is 0 Å². The Morgan fingerprint density at radius 3 is 2.69 bits per heavy atom. The van der Waals surface area contributed by atoms with Crippen molar-refractivity contribution in [3.63, 3.8) is 0 Å². The molecule has 0 saturated carbocycles. The van der Waals surface area contributed by atoms with Gasteiger partial charge in [-0.15, -0.1) is 24.5 Å². The third kappa shape index (κ3) is 6.18. The summed E-state index contributed by atoms with van der Waals surface area (Å²) in [7, 11) is 0. The smallest absolute Gasteiger partial charge is 0.406 e. The highest BCUT2D eigenvalue weighted by molar-refractivity contribution is 7.15. The number of aromatic nitrogens is 1. The lowest BCUT2D eigenvalue weighted by atomic mass is 10.1. The normalized spacial score (nSPS) is 16.0. The zero-order valence-corrected chi connectivity index (χ0v) is 19.8. The second kappa shape index (κ2) is 10.6. The van der Waals surface area contributed by atoms with Crippen molar-refractivity contribution >= 4 is 23.2 Å². The predicted octanol–water partition coefficient (Wildman–Crippen LogP) is 4.43. The van der Waals surface area contributed by atoms with Gasteiger partial charge in [0.15, 0.2) is 0 Å². The van der Waals surface area contributed by atoms with Gasteiger partial charge in [0, 0.05) is 18.7 Å². The van der Waals surface area contributed by atoms with E-state index in [9.17, 15) is 27.2 Å². The molecule has 12 heteroatoms. The number of nitrogens with zero attached hydrogens (tertiary/aromatic N) is 2. The quantitative estimate of drug-likeness (QED) is 0.484. The molecule has 1 N–H and O–H groups in total. The largest absolute Gasteiger partial charge is 0.573 e. The highest BCUT2D eigenvalue weighted by atomic mass is 32.1. The summed E-state index contributed by atoms with van der Waals surface area (Å²) in [5, 5.41) is 3.31. The van der Waals surface area contributed by atoms with Crippen molar-refractivity contribution in [2.45, 2.75) is 19.3 Å². The molecule has 3 aromatic rings. The molecule has 4 rings (SSSR count). The minimum absolute atomic E-state index is 0.00390. The second-order valence-corrected chi connectivity index (χ2v) is 9.13. The lowest BCUT2D eigenvalue weighted by Crippen LogP contribution is -2.53. The fourth-order valence-corrected chi connectivity index (χ4v) is 4.66. The SMILES string of the molecule is Cc1nc(C(=O)N2CCOCC2CNC(=O)c2cccc(OC(F)(F)F)c2)c(-c2ccc(F)cc2)s1. The van der Waals surface area contributed by atoms with Crippen LogP contribution in [0.25, 0.3) is 10.4 Å². The molecule has 2 aromatic carbocycles. The van der Waals surface area contributed by atoms with E-state index in [2.05, 4.69) is 15.0 Å². The fraction of sp³-hybridized carbons (Fsp3) is 0.292. The molecule has 1 atom stereocenters. The number of hydrogen-bond donors (Lipinski definition) is 1. The van der Waals surface area contributed by atoms with Crippen LogP contribution < -0.4 is 10.1 Å². The first-order valence-electron chi connectivity index (χ1n) is 10.9. The molecule has 1 aliphatic rings. The molecule has 7 nitrogen and oxygen atoms in total. The zero-order valence-electron chi connectivity index (χ0n) is 19.0. The third-order valence-corrected chi connectivity index (χ3v) is 6.38. The number of carbonyl (C=O) groups is 2. The van der Waals surface area contributed by atoms with Crippen LogP contribution in [0.2, 0.25) is 0 Å². The predicted molar refractivity (Wildman–Crippen MR) is 123 cm³/mol. The number of carbonyl (C=O) groups excluding carboxylic acids is 2. The van der Waals surface area contributed by atoms with Crippen LogP contribution >= 0.6 is 11.3 Å². The summed E-state index contributed by atoms with van der Waals surface area (Å²) in [4.78, 5) is 32.6. The molecule has 1 aromatic heterocycles. The maximum Gasteiger partial charge on any atom is 0.573 e. The molecule has 1 saturated heterocycles. The first-order chi connectivity index (χ1) is 17.1. The molecule has 0 aliphatic carbocycles. The van der Waals surface area contributed by atoms with E-state index in [1.807, 2.05) is 0 Å². The van der Waals surface area contributed by atoms with Gasteiger partial charge >= 0.3 is 6.36 Å². The van der Waals surface area contributed by atoms with E-state index >= 15 is 0 Å². The van der Waals surface area contributed by atoms with E-state index in [0.717, 1.165) is 12.1 Å². The van der Waals surface area contributed by atoms with Crippen LogP contribution in [0.4, 0.5) is 17.6 Å². The second-order valence-electron chi connectivity index (χ2n) is 7.93. The molecule has 36 heavy (non-hydrogen) atoms. The average molecular weight is 524 g/mol. The summed E-state index contributed by atoms with van der Waals surface area (Å²) in [5.74, 6) is -1.90. The van der Waals surface area contributed by atoms with Crippen molar-refractivity contribution in [1.29, 1.82) is 0 Å². The number of alkyl halides is 3. The van der Waals surface area contributed by atoms with Gasteiger partial charge in [-0.2, -0.15) is 0 Å². The molecule has 0 radical (unpaired) electrons. The molecule has 2 amide bonds. The Kier molecular flexibility index (Phi) is 7.55. The average Bonchev–Trinajstić information content (AvgIpc) is 3.23. The molecule has 2 heterocycles. The molecular formula is C24H21F4N3O4S. The molecule has 0 bridgehead atoms. The summed E-state index contributed by atoms with van der Waals surface area (Å²) in [6.45, 7) is 2.47. The van der Waals surface area contributed by atoms with Gasteiger partial charge in [0.25, 0.3) is 11.8 Å². The van der Waals surface area contributed by atoms with E-state index in [1.54, 1.807) is 24.0 Å². The van der Waals surface area contributed by atoms with Crippen LogP contribution in [0.3, 0.4) is 0 Å². The van der Waals surface area contributed by atoms with Crippen LogP contribution in [0, 0.1) is 12.7 Å². The van der Waals surface area contributed by atoms with Crippen LogP contribution in [0.5, 0.6) is 5.75 Å². The number of ether oxygens (including phenoxy) is 2. The van der Waals surface area contributed by atoms with Gasteiger partial charge in [0.1, 0.15) is 17.3 Å². The number of aryl methyl sites for hydroxylation is 1. The molecule has 1 unspecified atom stereocenters. The Morgan fingerprint density at radius 2 is 1.97 bits per heavy atom. The molecule has 0 spiro atoms. The zero-order chi connectivity index (χ0) is 25.9. The summed E-state index contributed by atoms with van der Waals surface area (Å²) in [6.07, 6.45) is -4.88. The van der Waals surface area contributed by atoms with E-state index in [0.29, 0.717) is 22.1 Å². The van der Waals surface area contributed by atoms with Crippen LogP contribution in [-0.4, -0.2) is 60.4 Å². The minimum atomic E-state index is -4.88. The third-order valence-electron chi connectivity index (χ3n) is 5.36. The fourth-order valence-electron chi connectivity index (χ4n) is 3.74. The number of amides is 2. The van der Waals surface area contributed by atoms with Gasteiger partial charge in [-0.1, -0.05) is 18.2 Å². The summed E-state index contributed by atoms with van der Waals surface area (Å²) < 4.78 is 60.2. The van der Waals surface area contributed by atoms with Gasteiger partial charge < -0.3 is 19.7 Å². The number of hydrogen-bond acceptors (Lipinski definition) is 6. The Labute approximate surface area is 207 Å².